The molecule has 0 bridgehead atoms. The first-order chi connectivity index (χ1) is 12.5. The Bertz CT molecular complexity index is 891. The lowest BCUT2D eigenvalue weighted by Gasteiger charge is -2.13. The molecule has 0 N–H and O–H groups in total. The Labute approximate surface area is 166 Å². The molecule has 0 unspecified atom stereocenters. The lowest BCUT2D eigenvalue weighted by Crippen LogP contribution is -2.21. The van der Waals surface area contributed by atoms with E-state index in [0.717, 1.165) is 14.8 Å². The van der Waals surface area contributed by atoms with Gasteiger partial charge in [0.1, 0.15) is 0 Å². The van der Waals surface area contributed by atoms with Crippen molar-refractivity contribution in [3.8, 4) is 11.5 Å². The average Bonchev–Trinajstić information content (AvgIpc) is 2.91. The zero-order valence-corrected chi connectivity index (χ0v) is 17.0. The Kier molecular flexibility index (Phi) is 5.61. The summed E-state index contributed by atoms with van der Waals surface area (Å²) in [5.41, 5.74) is 2.87. The molecular formula is C20H19IN2O3. The number of halogens is 1. The Balaban J connectivity index is 1.98. The average molecular weight is 462 g/mol. The summed E-state index contributed by atoms with van der Waals surface area (Å²) in [5.74, 6) is 1.22. The second-order valence-electron chi connectivity index (χ2n) is 5.66. The predicted molar refractivity (Wildman–Crippen MR) is 112 cm³/mol. The van der Waals surface area contributed by atoms with E-state index in [1.54, 1.807) is 7.11 Å². The summed E-state index contributed by atoms with van der Waals surface area (Å²) in [6.07, 6.45) is 1.84. The highest BCUT2D eigenvalue weighted by Gasteiger charge is 2.28. The monoisotopic (exact) mass is 462 g/mol. The standard InChI is InChI=1S/C20H19IN2O3/c1-4-26-18-12-14(11-17(21)19(18)25-3)10-16-13(2)22-23(20(16)24)15-8-6-5-7-9-15/h5-12H,4H2,1-3H3. The third kappa shape index (κ3) is 3.60. The molecule has 0 atom stereocenters. The normalized spacial score (nSPS) is 15.4. The van der Waals surface area contributed by atoms with Crippen molar-refractivity contribution in [2.24, 2.45) is 5.10 Å². The molecule has 1 amide bonds. The Morgan fingerprint density at radius 2 is 1.96 bits per heavy atom. The molecule has 134 valence electrons. The van der Waals surface area contributed by atoms with Crippen LogP contribution in [0.1, 0.15) is 19.4 Å². The zero-order chi connectivity index (χ0) is 18.7. The van der Waals surface area contributed by atoms with E-state index >= 15 is 0 Å². The van der Waals surface area contributed by atoms with Crippen LogP contribution in [-0.2, 0) is 4.79 Å². The van der Waals surface area contributed by atoms with Crippen molar-refractivity contribution in [1.29, 1.82) is 0 Å². The van der Waals surface area contributed by atoms with E-state index in [0.29, 0.717) is 29.4 Å². The number of hydrogen-bond acceptors (Lipinski definition) is 4. The topological polar surface area (TPSA) is 51.1 Å². The summed E-state index contributed by atoms with van der Waals surface area (Å²) in [6.45, 7) is 4.30. The van der Waals surface area contributed by atoms with Gasteiger partial charge in [0.15, 0.2) is 11.5 Å². The van der Waals surface area contributed by atoms with Crippen LogP contribution in [0.25, 0.3) is 6.08 Å². The number of hydrazone groups is 1. The maximum atomic E-state index is 12.8. The summed E-state index contributed by atoms with van der Waals surface area (Å²) >= 11 is 2.20. The first-order valence-corrected chi connectivity index (χ1v) is 9.30. The number of hydrogen-bond donors (Lipinski definition) is 0. The second-order valence-corrected chi connectivity index (χ2v) is 6.83. The molecular weight excluding hydrogens is 443 g/mol. The van der Waals surface area contributed by atoms with Gasteiger partial charge in [-0.05, 0) is 72.3 Å². The van der Waals surface area contributed by atoms with Crippen LogP contribution in [-0.4, -0.2) is 25.3 Å². The van der Waals surface area contributed by atoms with Gasteiger partial charge in [0.2, 0.25) is 0 Å². The number of anilines is 1. The Morgan fingerprint density at radius 1 is 1.23 bits per heavy atom. The van der Waals surface area contributed by atoms with E-state index < -0.39 is 0 Å². The molecule has 0 saturated heterocycles. The third-order valence-corrected chi connectivity index (χ3v) is 4.71. The van der Waals surface area contributed by atoms with Gasteiger partial charge in [0.05, 0.1) is 34.3 Å². The van der Waals surface area contributed by atoms with Gasteiger partial charge in [-0.15, -0.1) is 0 Å². The van der Waals surface area contributed by atoms with Crippen molar-refractivity contribution >= 4 is 46.0 Å². The van der Waals surface area contributed by atoms with Gasteiger partial charge in [-0.2, -0.15) is 10.1 Å². The summed E-state index contributed by atoms with van der Waals surface area (Å²) < 4.78 is 12.0. The molecule has 0 aliphatic carbocycles. The summed E-state index contributed by atoms with van der Waals surface area (Å²) in [7, 11) is 1.62. The van der Waals surface area contributed by atoms with Gasteiger partial charge >= 0.3 is 0 Å². The maximum absolute atomic E-state index is 12.8. The molecule has 3 rings (SSSR count). The molecule has 0 saturated carbocycles. The van der Waals surface area contributed by atoms with Crippen LogP contribution in [0.15, 0.2) is 53.1 Å². The van der Waals surface area contributed by atoms with E-state index in [1.807, 2.05) is 62.4 Å². The fourth-order valence-electron chi connectivity index (χ4n) is 2.73. The van der Waals surface area contributed by atoms with Crippen LogP contribution in [0, 0.1) is 3.57 Å². The maximum Gasteiger partial charge on any atom is 0.280 e. The molecule has 0 aromatic heterocycles. The minimum absolute atomic E-state index is 0.141. The van der Waals surface area contributed by atoms with Crippen LogP contribution < -0.4 is 14.5 Å². The number of carbonyl (C=O) groups excluding carboxylic acids is 1. The molecule has 1 heterocycles. The van der Waals surface area contributed by atoms with Gasteiger partial charge < -0.3 is 9.47 Å². The van der Waals surface area contributed by atoms with E-state index in [4.69, 9.17) is 9.47 Å². The number of methoxy groups -OCH3 is 1. The van der Waals surface area contributed by atoms with E-state index in [-0.39, 0.29) is 5.91 Å². The molecule has 2 aromatic carbocycles. The number of amides is 1. The Hall–Kier alpha value is -2.35. The molecule has 0 radical (unpaired) electrons. The van der Waals surface area contributed by atoms with Crippen LogP contribution in [0.5, 0.6) is 11.5 Å². The third-order valence-electron chi connectivity index (χ3n) is 3.91. The smallest absolute Gasteiger partial charge is 0.280 e. The lowest BCUT2D eigenvalue weighted by atomic mass is 10.1. The lowest BCUT2D eigenvalue weighted by molar-refractivity contribution is -0.114. The summed E-state index contributed by atoms with van der Waals surface area (Å²) in [6, 6.07) is 13.2. The minimum atomic E-state index is -0.141. The summed E-state index contributed by atoms with van der Waals surface area (Å²) in [4.78, 5) is 12.8. The molecule has 1 aliphatic rings. The highest BCUT2D eigenvalue weighted by molar-refractivity contribution is 14.1. The van der Waals surface area contributed by atoms with Crippen LogP contribution >= 0.6 is 22.6 Å². The highest BCUT2D eigenvalue weighted by Crippen LogP contribution is 2.35. The quantitative estimate of drug-likeness (QED) is 0.486. The molecule has 1 aliphatic heterocycles. The predicted octanol–water partition coefficient (Wildman–Crippen LogP) is 4.50. The van der Waals surface area contributed by atoms with Crippen LogP contribution in [0.3, 0.4) is 0 Å². The number of ether oxygens (including phenoxy) is 2. The molecule has 26 heavy (non-hydrogen) atoms. The van der Waals surface area contributed by atoms with E-state index in [2.05, 4.69) is 27.7 Å². The first kappa shape index (κ1) is 18.4. The van der Waals surface area contributed by atoms with Gasteiger partial charge in [0, 0.05) is 0 Å². The molecule has 2 aromatic rings. The number of nitrogens with zero attached hydrogens (tertiary/aromatic N) is 2. The number of para-hydroxylation sites is 1. The van der Waals surface area contributed by atoms with Crippen molar-refractivity contribution in [2.45, 2.75) is 13.8 Å². The van der Waals surface area contributed by atoms with Crippen molar-refractivity contribution in [3.63, 3.8) is 0 Å². The van der Waals surface area contributed by atoms with Crippen molar-refractivity contribution < 1.29 is 14.3 Å². The number of carbonyl (C=O) groups is 1. The zero-order valence-electron chi connectivity index (χ0n) is 14.8. The number of benzene rings is 2. The minimum Gasteiger partial charge on any atom is -0.492 e. The largest absolute Gasteiger partial charge is 0.492 e. The van der Waals surface area contributed by atoms with Crippen molar-refractivity contribution in [2.75, 3.05) is 18.7 Å². The second kappa shape index (κ2) is 7.90. The van der Waals surface area contributed by atoms with E-state index in [9.17, 15) is 4.79 Å². The van der Waals surface area contributed by atoms with Crippen LogP contribution in [0.2, 0.25) is 0 Å². The van der Waals surface area contributed by atoms with Crippen molar-refractivity contribution in [3.05, 3.63) is 57.2 Å². The first-order valence-electron chi connectivity index (χ1n) is 8.22. The highest BCUT2D eigenvalue weighted by atomic mass is 127. The van der Waals surface area contributed by atoms with Gasteiger partial charge in [-0.25, -0.2) is 0 Å². The van der Waals surface area contributed by atoms with Gasteiger partial charge in [-0.3, -0.25) is 4.79 Å². The van der Waals surface area contributed by atoms with Gasteiger partial charge in [0.25, 0.3) is 5.91 Å². The fourth-order valence-corrected chi connectivity index (χ4v) is 3.57. The molecule has 6 heteroatoms. The fraction of sp³-hybridized carbons (Fsp3) is 0.200. The van der Waals surface area contributed by atoms with Crippen LogP contribution in [0.4, 0.5) is 5.69 Å². The van der Waals surface area contributed by atoms with E-state index in [1.165, 1.54) is 5.01 Å². The SMILES string of the molecule is CCOc1cc(C=C2C(=O)N(c3ccccc3)N=C2C)cc(I)c1OC. The molecule has 0 spiro atoms. The Morgan fingerprint density at radius 3 is 2.62 bits per heavy atom. The van der Waals surface area contributed by atoms with Gasteiger partial charge in [-0.1, -0.05) is 18.2 Å². The number of rotatable bonds is 5. The summed E-state index contributed by atoms with van der Waals surface area (Å²) in [5, 5.41) is 5.84. The van der Waals surface area contributed by atoms with Crippen molar-refractivity contribution in [1.82, 2.24) is 0 Å². The molecule has 5 nitrogen and oxygen atoms in total. The molecule has 0 fully saturated rings.